The van der Waals surface area contributed by atoms with Crippen LogP contribution in [0.5, 0.6) is 5.75 Å². The van der Waals surface area contributed by atoms with Crippen LogP contribution in [0.3, 0.4) is 0 Å². The van der Waals surface area contributed by atoms with Crippen molar-refractivity contribution in [3.05, 3.63) is 42.0 Å². The number of fused-ring (bicyclic) bond motifs is 1. The molecule has 0 fully saturated rings. The first-order valence-corrected chi connectivity index (χ1v) is 7.00. The van der Waals surface area contributed by atoms with E-state index in [9.17, 15) is 9.59 Å². The minimum atomic E-state index is -0.236. The smallest absolute Gasteiger partial charge is 0.243 e. The van der Waals surface area contributed by atoms with Gasteiger partial charge in [-0.2, -0.15) is 0 Å². The van der Waals surface area contributed by atoms with Crippen molar-refractivity contribution in [2.24, 2.45) is 0 Å². The van der Waals surface area contributed by atoms with E-state index in [0.29, 0.717) is 13.1 Å². The van der Waals surface area contributed by atoms with Gasteiger partial charge in [-0.25, -0.2) is 0 Å². The number of nitrogens with one attached hydrogen (secondary N) is 2. The molecule has 1 unspecified atom stereocenters. The first-order valence-electron chi connectivity index (χ1n) is 7.00. The van der Waals surface area contributed by atoms with Gasteiger partial charge in [-0.15, -0.1) is 0 Å². The highest BCUT2D eigenvalue weighted by Gasteiger charge is 2.28. The standard InChI is InChI=1S/C16H20N2O3/c1-3-15(19)17-8-9-18-16(20)13-7-5-11-4-6-12(21-2)10-14(11)13/h3-4,6,10,13H,1,5,7-9H2,2H3,(H,17,19)(H,18,20). The molecule has 2 N–H and O–H groups in total. The fourth-order valence-electron chi connectivity index (χ4n) is 2.55. The molecule has 0 saturated heterocycles. The molecule has 1 aliphatic rings. The Hall–Kier alpha value is -2.30. The second-order valence-electron chi connectivity index (χ2n) is 4.94. The van der Waals surface area contributed by atoms with E-state index in [2.05, 4.69) is 17.2 Å². The quantitative estimate of drug-likeness (QED) is 0.609. The number of benzene rings is 1. The molecule has 21 heavy (non-hydrogen) atoms. The molecule has 0 saturated carbocycles. The molecule has 0 aromatic heterocycles. The van der Waals surface area contributed by atoms with Crippen molar-refractivity contribution in [3.8, 4) is 5.75 Å². The largest absolute Gasteiger partial charge is 0.497 e. The van der Waals surface area contributed by atoms with E-state index in [-0.39, 0.29) is 17.7 Å². The summed E-state index contributed by atoms with van der Waals surface area (Å²) in [5.41, 5.74) is 2.25. The topological polar surface area (TPSA) is 67.4 Å². The SMILES string of the molecule is C=CC(=O)NCCNC(=O)C1CCc2ccc(OC)cc21. The lowest BCUT2D eigenvalue weighted by molar-refractivity contribution is -0.123. The van der Waals surface area contributed by atoms with Crippen molar-refractivity contribution >= 4 is 11.8 Å². The van der Waals surface area contributed by atoms with Crippen LogP contribution in [-0.2, 0) is 16.0 Å². The number of aryl methyl sites for hydroxylation is 1. The Morgan fingerprint density at radius 1 is 1.38 bits per heavy atom. The molecular formula is C16H20N2O3. The van der Waals surface area contributed by atoms with E-state index in [1.54, 1.807) is 7.11 Å². The third-order valence-corrected chi connectivity index (χ3v) is 3.66. The van der Waals surface area contributed by atoms with Gasteiger partial charge in [0.05, 0.1) is 13.0 Å². The number of amides is 2. The lowest BCUT2D eigenvalue weighted by Gasteiger charge is -2.13. The maximum Gasteiger partial charge on any atom is 0.243 e. The molecule has 5 nitrogen and oxygen atoms in total. The van der Waals surface area contributed by atoms with E-state index >= 15 is 0 Å². The minimum absolute atomic E-state index is 0.00476. The second kappa shape index (κ2) is 6.92. The lowest BCUT2D eigenvalue weighted by atomic mass is 10.0. The van der Waals surface area contributed by atoms with Crippen molar-refractivity contribution < 1.29 is 14.3 Å². The monoisotopic (exact) mass is 288 g/mol. The summed E-state index contributed by atoms with van der Waals surface area (Å²) in [4.78, 5) is 23.2. The van der Waals surface area contributed by atoms with Gasteiger partial charge in [0.2, 0.25) is 11.8 Å². The zero-order valence-corrected chi connectivity index (χ0v) is 12.1. The molecule has 0 radical (unpaired) electrons. The van der Waals surface area contributed by atoms with Crippen LogP contribution >= 0.6 is 0 Å². The predicted octanol–water partition coefficient (Wildman–Crippen LogP) is 1.14. The number of ether oxygens (including phenoxy) is 1. The molecule has 1 aromatic rings. The van der Waals surface area contributed by atoms with Gasteiger partial charge < -0.3 is 15.4 Å². The number of methoxy groups -OCH3 is 1. The van der Waals surface area contributed by atoms with Gasteiger partial charge in [0.25, 0.3) is 0 Å². The van der Waals surface area contributed by atoms with E-state index < -0.39 is 0 Å². The highest BCUT2D eigenvalue weighted by atomic mass is 16.5. The fraction of sp³-hybridized carbons (Fsp3) is 0.375. The zero-order valence-electron chi connectivity index (χ0n) is 12.1. The third kappa shape index (κ3) is 3.62. The van der Waals surface area contributed by atoms with Crippen LogP contribution in [0.25, 0.3) is 0 Å². The molecule has 112 valence electrons. The number of hydrogen-bond acceptors (Lipinski definition) is 3. The fourth-order valence-corrected chi connectivity index (χ4v) is 2.55. The Morgan fingerprint density at radius 2 is 2.14 bits per heavy atom. The van der Waals surface area contributed by atoms with E-state index in [1.165, 1.54) is 11.6 Å². The Balaban J connectivity index is 1.90. The van der Waals surface area contributed by atoms with Gasteiger partial charge in [0, 0.05) is 13.1 Å². The van der Waals surface area contributed by atoms with Crippen LogP contribution < -0.4 is 15.4 Å². The summed E-state index contributed by atoms with van der Waals surface area (Å²) in [6.07, 6.45) is 2.93. The van der Waals surface area contributed by atoms with Crippen LogP contribution in [0.1, 0.15) is 23.5 Å². The average molecular weight is 288 g/mol. The molecule has 0 spiro atoms. The minimum Gasteiger partial charge on any atom is -0.497 e. The Bertz CT molecular complexity index is 554. The summed E-state index contributed by atoms with van der Waals surface area (Å²) >= 11 is 0. The van der Waals surface area contributed by atoms with Gasteiger partial charge in [0.15, 0.2) is 0 Å². The van der Waals surface area contributed by atoms with E-state index in [0.717, 1.165) is 24.2 Å². The average Bonchev–Trinajstić information content (AvgIpc) is 2.93. The first kappa shape index (κ1) is 15.1. The summed E-state index contributed by atoms with van der Waals surface area (Å²) < 4.78 is 5.22. The molecule has 2 rings (SSSR count). The van der Waals surface area contributed by atoms with Crippen LogP contribution in [0.4, 0.5) is 0 Å². The van der Waals surface area contributed by atoms with E-state index in [1.807, 2.05) is 18.2 Å². The molecule has 1 aliphatic carbocycles. The summed E-state index contributed by atoms with van der Waals surface area (Å²) in [5.74, 6) is 0.395. The Kier molecular flexibility index (Phi) is 4.98. The van der Waals surface area contributed by atoms with Gasteiger partial charge >= 0.3 is 0 Å². The number of carbonyl (C=O) groups is 2. The third-order valence-electron chi connectivity index (χ3n) is 3.66. The lowest BCUT2D eigenvalue weighted by Crippen LogP contribution is -2.36. The highest BCUT2D eigenvalue weighted by Crippen LogP contribution is 2.35. The van der Waals surface area contributed by atoms with Gasteiger partial charge in [0.1, 0.15) is 5.75 Å². The number of hydrogen-bond donors (Lipinski definition) is 2. The zero-order chi connectivity index (χ0) is 15.2. The van der Waals surface area contributed by atoms with Gasteiger partial charge in [-0.05, 0) is 42.2 Å². The normalized spacial score (nSPS) is 16.0. The molecule has 0 aliphatic heterocycles. The van der Waals surface area contributed by atoms with Gasteiger partial charge in [-0.3, -0.25) is 9.59 Å². The summed E-state index contributed by atoms with van der Waals surface area (Å²) in [6.45, 7) is 4.18. The van der Waals surface area contributed by atoms with Crippen molar-refractivity contribution in [2.45, 2.75) is 18.8 Å². The Labute approximate surface area is 124 Å². The van der Waals surface area contributed by atoms with E-state index in [4.69, 9.17) is 4.74 Å². The molecule has 0 heterocycles. The highest BCUT2D eigenvalue weighted by molar-refractivity contribution is 5.87. The molecule has 2 amide bonds. The predicted molar refractivity (Wildman–Crippen MR) is 80.3 cm³/mol. The maximum atomic E-state index is 12.2. The van der Waals surface area contributed by atoms with Crippen LogP contribution in [-0.4, -0.2) is 32.0 Å². The molecule has 5 heteroatoms. The number of carbonyl (C=O) groups excluding carboxylic acids is 2. The van der Waals surface area contributed by atoms with Crippen LogP contribution in [0.2, 0.25) is 0 Å². The first-order chi connectivity index (χ1) is 10.2. The Morgan fingerprint density at radius 3 is 2.86 bits per heavy atom. The summed E-state index contributed by atoms with van der Waals surface area (Å²) in [7, 11) is 1.62. The van der Waals surface area contributed by atoms with Crippen molar-refractivity contribution in [1.29, 1.82) is 0 Å². The van der Waals surface area contributed by atoms with Crippen molar-refractivity contribution in [1.82, 2.24) is 10.6 Å². The van der Waals surface area contributed by atoms with Crippen molar-refractivity contribution in [3.63, 3.8) is 0 Å². The summed E-state index contributed by atoms with van der Waals surface area (Å²) in [5, 5.41) is 5.48. The maximum absolute atomic E-state index is 12.2. The van der Waals surface area contributed by atoms with Gasteiger partial charge in [-0.1, -0.05) is 12.6 Å². The molecular weight excluding hydrogens is 268 g/mol. The van der Waals surface area contributed by atoms with Crippen LogP contribution in [0, 0.1) is 0 Å². The second-order valence-corrected chi connectivity index (χ2v) is 4.94. The molecule has 1 atom stereocenters. The summed E-state index contributed by atoms with van der Waals surface area (Å²) in [6, 6.07) is 5.88. The van der Waals surface area contributed by atoms with Crippen LogP contribution in [0.15, 0.2) is 30.9 Å². The molecule has 1 aromatic carbocycles. The molecule has 0 bridgehead atoms. The van der Waals surface area contributed by atoms with Crippen molar-refractivity contribution in [2.75, 3.05) is 20.2 Å². The number of rotatable bonds is 6.